The SMILES string of the molecule is COC(=O)[C@@H](CC(=O)c1ccc(Cl)cc1)c1cc(=O)oc2cc(OC)ccc12. The lowest BCUT2D eigenvalue weighted by Crippen LogP contribution is -2.20. The van der Waals surface area contributed by atoms with E-state index >= 15 is 0 Å². The summed E-state index contributed by atoms with van der Waals surface area (Å²) in [6.07, 6.45) is -0.168. The van der Waals surface area contributed by atoms with E-state index in [1.165, 1.54) is 20.3 Å². The molecule has 0 fully saturated rings. The average Bonchev–Trinajstić information content (AvgIpc) is 2.70. The van der Waals surface area contributed by atoms with Gasteiger partial charge in [-0.05, 0) is 42.0 Å². The van der Waals surface area contributed by atoms with Crippen LogP contribution in [-0.4, -0.2) is 26.0 Å². The molecule has 0 radical (unpaired) electrons. The number of halogens is 1. The summed E-state index contributed by atoms with van der Waals surface area (Å²) in [4.78, 5) is 37.2. The normalized spacial score (nSPS) is 11.8. The van der Waals surface area contributed by atoms with Gasteiger partial charge in [-0.25, -0.2) is 4.79 Å². The van der Waals surface area contributed by atoms with Gasteiger partial charge in [0.05, 0.1) is 20.1 Å². The monoisotopic (exact) mass is 400 g/mol. The molecule has 1 atom stereocenters. The number of ether oxygens (including phenoxy) is 2. The van der Waals surface area contributed by atoms with Crippen molar-refractivity contribution in [2.75, 3.05) is 14.2 Å². The van der Waals surface area contributed by atoms with Crippen LogP contribution in [0.15, 0.2) is 57.7 Å². The third-order valence-corrected chi connectivity index (χ3v) is 4.65. The standard InChI is InChI=1S/C21H17ClO6/c1-26-14-7-8-15-16(11-20(24)28-19(15)9-14)17(21(25)27-2)10-18(23)12-3-5-13(22)6-4-12/h3-9,11,17H,10H2,1-2H3/t17-/m0/s1. The Balaban J connectivity index is 2.07. The van der Waals surface area contributed by atoms with Crippen LogP contribution in [0.1, 0.15) is 28.3 Å². The molecule has 3 aromatic rings. The first-order chi connectivity index (χ1) is 13.4. The molecule has 0 aliphatic rings. The van der Waals surface area contributed by atoms with Crippen molar-refractivity contribution < 1.29 is 23.5 Å². The number of esters is 1. The Morgan fingerprint density at radius 3 is 2.43 bits per heavy atom. The van der Waals surface area contributed by atoms with Crippen molar-refractivity contribution in [3.63, 3.8) is 0 Å². The minimum atomic E-state index is -0.965. The van der Waals surface area contributed by atoms with Gasteiger partial charge in [0.2, 0.25) is 0 Å². The molecule has 0 aliphatic heterocycles. The van der Waals surface area contributed by atoms with Gasteiger partial charge in [0.15, 0.2) is 5.78 Å². The predicted octanol–water partition coefficient (Wildman–Crippen LogP) is 3.98. The lowest BCUT2D eigenvalue weighted by Gasteiger charge is -2.16. The molecule has 6 nitrogen and oxygen atoms in total. The molecule has 0 amide bonds. The molecule has 28 heavy (non-hydrogen) atoms. The number of carbonyl (C=O) groups excluding carboxylic acids is 2. The summed E-state index contributed by atoms with van der Waals surface area (Å²) in [5.74, 6) is -1.36. The molecule has 0 aliphatic carbocycles. The number of methoxy groups -OCH3 is 2. The molecule has 144 valence electrons. The molecule has 0 spiro atoms. The zero-order chi connectivity index (χ0) is 20.3. The van der Waals surface area contributed by atoms with Gasteiger partial charge in [0.25, 0.3) is 0 Å². The zero-order valence-corrected chi connectivity index (χ0v) is 16.0. The van der Waals surface area contributed by atoms with E-state index in [9.17, 15) is 14.4 Å². The van der Waals surface area contributed by atoms with Gasteiger partial charge in [-0.1, -0.05) is 11.6 Å². The quantitative estimate of drug-likeness (QED) is 0.353. The second kappa shape index (κ2) is 8.27. The summed E-state index contributed by atoms with van der Waals surface area (Å²) in [6, 6.07) is 12.5. The maximum absolute atomic E-state index is 12.7. The van der Waals surface area contributed by atoms with Crippen LogP contribution >= 0.6 is 11.6 Å². The first kappa shape index (κ1) is 19.6. The maximum atomic E-state index is 12.7. The van der Waals surface area contributed by atoms with E-state index in [4.69, 9.17) is 25.5 Å². The minimum Gasteiger partial charge on any atom is -0.497 e. The number of hydrogen-bond donors (Lipinski definition) is 0. The van der Waals surface area contributed by atoms with E-state index < -0.39 is 17.5 Å². The Bertz CT molecular complexity index is 1080. The molecule has 0 saturated heterocycles. The van der Waals surface area contributed by atoms with Crippen molar-refractivity contribution in [2.45, 2.75) is 12.3 Å². The largest absolute Gasteiger partial charge is 0.497 e. The lowest BCUT2D eigenvalue weighted by atomic mass is 9.89. The highest BCUT2D eigenvalue weighted by molar-refractivity contribution is 6.30. The molecule has 0 bridgehead atoms. The summed E-state index contributed by atoms with van der Waals surface area (Å²) in [5, 5.41) is 1.03. The van der Waals surface area contributed by atoms with Crippen molar-refractivity contribution in [1.29, 1.82) is 0 Å². The number of benzene rings is 2. The smallest absolute Gasteiger partial charge is 0.336 e. The fraction of sp³-hybridized carbons (Fsp3) is 0.190. The van der Waals surface area contributed by atoms with Crippen LogP contribution in [0.2, 0.25) is 5.02 Å². The summed E-state index contributed by atoms with van der Waals surface area (Å²) in [7, 11) is 2.73. The van der Waals surface area contributed by atoms with E-state index in [0.717, 1.165) is 0 Å². The molecule has 2 aromatic carbocycles. The van der Waals surface area contributed by atoms with Crippen molar-refractivity contribution in [1.82, 2.24) is 0 Å². The van der Waals surface area contributed by atoms with Gasteiger partial charge in [-0.15, -0.1) is 0 Å². The molecule has 0 saturated carbocycles. The first-order valence-corrected chi connectivity index (χ1v) is 8.79. The first-order valence-electron chi connectivity index (χ1n) is 8.41. The highest BCUT2D eigenvalue weighted by Crippen LogP contribution is 2.31. The van der Waals surface area contributed by atoms with Gasteiger partial charge in [0, 0.05) is 34.5 Å². The van der Waals surface area contributed by atoms with E-state index in [1.54, 1.807) is 42.5 Å². The molecule has 1 aromatic heterocycles. The Labute approximate surface area is 165 Å². The van der Waals surface area contributed by atoms with E-state index in [-0.39, 0.29) is 17.8 Å². The molecular formula is C21H17ClO6. The number of rotatable bonds is 6. The number of ketones is 1. The second-order valence-electron chi connectivity index (χ2n) is 6.09. The van der Waals surface area contributed by atoms with E-state index in [1.807, 2.05) is 0 Å². The molecule has 3 rings (SSSR count). The average molecular weight is 401 g/mol. The number of Topliss-reactive ketones (excluding diaryl/α,β-unsaturated/α-hetero) is 1. The summed E-state index contributed by atoms with van der Waals surface area (Å²) >= 11 is 5.86. The third kappa shape index (κ3) is 4.07. The third-order valence-electron chi connectivity index (χ3n) is 4.40. The van der Waals surface area contributed by atoms with Crippen LogP contribution in [0, 0.1) is 0 Å². The maximum Gasteiger partial charge on any atom is 0.336 e. The highest BCUT2D eigenvalue weighted by atomic mass is 35.5. The minimum absolute atomic E-state index is 0.168. The fourth-order valence-electron chi connectivity index (χ4n) is 2.98. The van der Waals surface area contributed by atoms with Crippen LogP contribution in [0.4, 0.5) is 0 Å². The number of hydrogen-bond acceptors (Lipinski definition) is 6. The second-order valence-corrected chi connectivity index (χ2v) is 6.53. The zero-order valence-electron chi connectivity index (χ0n) is 15.2. The topological polar surface area (TPSA) is 82.8 Å². The molecule has 1 heterocycles. The Morgan fingerprint density at radius 1 is 1.07 bits per heavy atom. The summed E-state index contributed by atoms with van der Waals surface area (Å²) in [6.45, 7) is 0. The van der Waals surface area contributed by atoms with Crippen LogP contribution in [0.3, 0.4) is 0 Å². The summed E-state index contributed by atoms with van der Waals surface area (Å²) in [5.41, 5.74) is 0.397. The lowest BCUT2D eigenvalue weighted by molar-refractivity contribution is -0.142. The summed E-state index contributed by atoms with van der Waals surface area (Å²) < 4.78 is 15.3. The van der Waals surface area contributed by atoms with E-state index in [0.29, 0.717) is 27.3 Å². The molecule has 0 unspecified atom stereocenters. The van der Waals surface area contributed by atoms with Crippen molar-refractivity contribution in [3.8, 4) is 5.75 Å². The van der Waals surface area contributed by atoms with Crippen LogP contribution in [0.5, 0.6) is 5.75 Å². The van der Waals surface area contributed by atoms with Crippen LogP contribution < -0.4 is 10.4 Å². The highest BCUT2D eigenvalue weighted by Gasteiger charge is 2.28. The predicted molar refractivity (Wildman–Crippen MR) is 104 cm³/mol. The number of fused-ring (bicyclic) bond motifs is 1. The van der Waals surface area contributed by atoms with Gasteiger partial charge in [0.1, 0.15) is 11.3 Å². The number of carbonyl (C=O) groups is 2. The Hall–Kier alpha value is -3.12. The van der Waals surface area contributed by atoms with Gasteiger partial charge in [-0.3, -0.25) is 9.59 Å². The molecule has 0 N–H and O–H groups in total. The van der Waals surface area contributed by atoms with Gasteiger partial charge in [-0.2, -0.15) is 0 Å². The van der Waals surface area contributed by atoms with Crippen molar-refractivity contribution in [2.24, 2.45) is 0 Å². The van der Waals surface area contributed by atoms with Gasteiger partial charge >= 0.3 is 11.6 Å². The van der Waals surface area contributed by atoms with Crippen molar-refractivity contribution >= 4 is 34.3 Å². The molecular weight excluding hydrogens is 384 g/mol. The van der Waals surface area contributed by atoms with Crippen LogP contribution in [-0.2, 0) is 9.53 Å². The van der Waals surface area contributed by atoms with Crippen LogP contribution in [0.25, 0.3) is 11.0 Å². The van der Waals surface area contributed by atoms with Gasteiger partial charge < -0.3 is 13.9 Å². The Kier molecular flexibility index (Phi) is 5.80. The van der Waals surface area contributed by atoms with Crippen molar-refractivity contribution in [3.05, 3.63) is 75.1 Å². The van der Waals surface area contributed by atoms with E-state index in [2.05, 4.69) is 0 Å². The Morgan fingerprint density at radius 2 is 1.79 bits per heavy atom. The molecule has 7 heteroatoms. The fourth-order valence-corrected chi connectivity index (χ4v) is 3.11.